The summed E-state index contributed by atoms with van der Waals surface area (Å²) in [6.45, 7) is 0. The predicted octanol–water partition coefficient (Wildman–Crippen LogP) is 5.61. The second-order valence-electron chi connectivity index (χ2n) is 5.75. The highest BCUT2D eigenvalue weighted by Gasteiger charge is 2.22. The molecule has 0 aliphatic rings. The van der Waals surface area contributed by atoms with Crippen LogP contribution in [0.5, 0.6) is 0 Å². The Balaban J connectivity index is 1.81. The Kier molecular flexibility index (Phi) is 4.15. The molecule has 2 aromatic carbocycles. The minimum Gasteiger partial charge on any atom is -0.450 e. The maximum atomic E-state index is 12.8. The third-order valence-electron chi connectivity index (χ3n) is 4.11. The molecule has 2 N–H and O–H groups in total. The molecule has 2 heterocycles. The predicted molar refractivity (Wildman–Crippen MR) is 104 cm³/mol. The number of furan rings is 1. The van der Waals surface area contributed by atoms with Gasteiger partial charge in [0, 0.05) is 33.9 Å². The lowest BCUT2D eigenvalue weighted by atomic mass is 10.0. The van der Waals surface area contributed by atoms with Crippen molar-refractivity contribution in [2.75, 3.05) is 5.73 Å². The summed E-state index contributed by atoms with van der Waals surface area (Å²) >= 11 is 12.0. The van der Waals surface area contributed by atoms with Gasteiger partial charge in [0.15, 0.2) is 5.76 Å². The molecule has 0 spiro atoms. The average molecular weight is 383 g/mol. The number of fused-ring (bicyclic) bond motifs is 1. The first kappa shape index (κ1) is 16.6. The molecule has 6 heteroatoms. The first-order valence-corrected chi connectivity index (χ1v) is 8.52. The van der Waals surface area contributed by atoms with Crippen molar-refractivity contribution in [2.24, 2.45) is 0 Å². The molecule has 0 amide bonds. The number of halogens is 2. The molecule has 0 bridgehead atoms. The van der Waals surface area contributed by atoms with Crippen LogP contribution in [0.3, 0.4) is 0 Å². The molecule has 0 atom stereocenters. The Morgan fingerprint density at radius 1 is 1.04 bits per heavy atom. The van der Waals surface area contributed by atoms with E-state index in [0.29, 0.717) is 16.0 Å². The van der Waals surface area contributed by atoms with Crippen LogP contribution in [0.1, 0.15) is 16.1 Å². The molecule has 0 unspecified atom stereocenters. The van der Waals surface area contributed by atoms with Gasteiger partial charge in [-0.3, -0.25) is 9.78 Å². The van der Waals surface area contributed by atoms with E-state index in [1.807, 2.05) is 30.3 Å². The number of pyridine rings is 1. The summed E-state index contributed by atoms with van der Waals surface area (Å²) in [5, 5.41) is 1.37. The zero-order valence-electron chi connectivity index (χ0n) is 13.4. The molecule has 2 aromatic heterocycles. The van der Waals surface area contributed by atoms with Gasteiger partial charge in [0.2, 0.25) is 5.78 Å². The highest BCUT2D eigenvalue weighted by Crippen LogP contribution is 2.34. The molecule has 26 heavy (non-hydrogen) atoms. The molecule has 0 fully saturated rings. The lowest BCUT2D eigenvalue weighted by molar-refractivity contribution is 0.101. The Labute approximate surface area is 159 Å². The van der Waals surface area contributed by atoms with Crippen LogP contribution in [0.15, 0.2) is 65.3 Å². The molecular weight excluding hydrogens is 371 g/mol. The number of aromatic nitrogens is 1. The van der Waals surface area contributed by atoms with Crippen LogP contribution < -0.4 is 5.73 Å². The van der Waals surface area contributed by atoms with Gasteiger partial charge in [-0.1, -0.05) is 35.3 Å². The van der Waals surface area contributed by atoms with Crippen LogP contribution in [0.2, 0.25) is 10.0 Å². The fourth-order valence-corrected chi connectivity index (χ4v) is 3.29. The quantitative estimate of drug-likeness (QED) is 0.467. The van der Waals surface area contributed by atoms with E-state index in [2.05, 4.69) is 4.98 Å². The number of benzene rings is 2. The van der Waals surface area contributed by atoms with Gasteiger partial charge in [-0.15, -0.1) is 0 Å². The molecule has 0 saturated carbocycles. The summed E-state index contributed by atoms with van der Waals surface area (Å²) in [6, 6.07) is 14.0. The first-order chi connectivity index (χ1) is 12.5. The third kappa shape index (κ3) is 2.83. The van der Waals surface area contributed by atoms with Gasteiger partial charge in [0.1, 0.15) is 5.58 Å². The smallest absolute Gasteiger partial charge is 0.231 e. The molecule has 0 saturated heterocycles. The van der Waals surface area contributed by atoms with Gasteiger partial charge < -0.3 is 10.2 Å². The normalized spacial score (nSPS) is 11.0. The van der Waals surface area contributed by atoms with Gasteiger partial charge in [-0.25, -0.2) is 0 Å². The topological polar surface area (TPSA) is 69.1 Å². The third-order valence-corrected chi connectivity index (χ3v) is 4.65. The molecule has 4 rings (SSSR count). The fraction of sp³-hybridized carbons (Fsp3) is 0. The summed E-state index contributed by atoms with van der Waals surface area (Å²) < 4.78 is 5.78. The number of carbonyl (C=O) groups excluding carboxylic acids is 1. The van der Waals surface area contributed by atoms with E-state index in [9.17, 15) is 4.79 Å². The van der Waals surface area contributed by atoms with Crippen LogP contribution in [0, 0.1) is 0 Å². The lowest BCUT2D eigenvalue weighted by Crippen LogP contribution is -2.03. The van der Waals surface area contributed by atoms with E-state index >= 15 is 0 Å². The molecule has 0 aliphatic carbocycles. The second-order valence-corrected chi connectivity index (χ2v) is 6.59. The van der Waals surface area contributed by atoms with Crippen molar-refractivity contribution in [3.63, 3.8) is 0 Å². The molecule has 0 radical (unpaired) electrons. The second kappa shape index (κ2) is 6.48. The summed E-state index contributed by atoms with van der Waals surface area (Å²) in [7, 11) is 0. The number of rotatable bonds is 3. The van der Waals surface area contributed by atoms with Crippen molar-refractivity contribution < 1.29 is 9.21 Å². The van der Waals surface area contributed by atoms with E-state index < -0.39 is 0 Å². The minimum absolute atomic E-state index is 0.0626. The Hall–Kier alpha value is -2.82. The van der Waals surface area contributed by atoms with Crippen molar-refractivity contribution in [1.82, 2.24) is 4.98 Å². The number of hydrogen-bond acceptors (Lipinski definition) is 4. The van der Waals surface area contributed by atoms with E-state index in [4.69, 9.17) is 33.4 Å². The van der Waals surface area contributed by atoms with Gasteiger partial charge in [-0.05, 0) is 42.0 Å². The number of anilines is 1. The zero-order chi connectivity index (χ0) is 18.3. The van der Waals surface area contributed by atoms with Gasteiger partial charge in [-0.2, -0.15) is 0 Å². The van der Waals surface area contributed by atoms with E-state index in [0.717, 1.165) is 11.1 Å². The maximum absolute atomic E-state index is 12.8. The number of nitrogen functional groups attached to an aromatic ring is 1. The molecule has 128 valence electrons. The van der Waals surface area contributed by atoms with E-state index in [1.165, 1.54) is 6.07 Å². The largest absolute Gasteiger partial charge is 0.450 e. The van der Waals surface area contributed by atoms with Crippen molar-refractivity contribution >= 4 is 45.6 Å². The summed E-state index contributed by atoms with van der Waals surface area (Å²) in [6.07, 6.45) is 3.46. The van der Waals surface area contributed by atoms with Crippen molar-refractivity contribution in [1.29, 1.82) is 0 Å². The van der Waals surface area contributed by atoms with E-state index in [-0.39, 0.29) is 27.8 Å². The molecule has 4 nitrogen and oxygen atoms in total. The Morgan fingerprint density at radius 3 is 2.62 bits per heavy atom. The SMILES string of the molecule is Nc1c(C(=O)c2ccc(Cl)cc2Cl)oc2cc(-c3cccnc3)ccc12. The molecule has 4 aromatic rings. The van der Waals surface area contributed by atoms with Crippen molar-refractivity contribution in [3.05, 3.63) is 82.3 Å². The minimum atomic E-state index is -0.386. The zero-order valence-corrected chi connectivity index (χ0v) is 14.9. The monoisotopic (exact) mass is 382 g/mol. The number of nitrogens with zero attached hydrogens (tertiary/aromatic N) is 1. The molecule has 0 aliphatic heterocycles. The van der Waals surface area contributed by atoms with Crippen LogP contribution in [-0.2, 0) is 0 Å². The average Bonchev–Trinajstić information content (AvgIpc) is 2.98. The molecular formula is C20H12Cl2N2O2. The first-order valence-electron chi connectivity index (χ1n) is 7.77. The van der Waals surface area contributed by atoms with Crippen molar-refractivity contribution in [2.45, 2.75) is 0 Å². The van der Waals surface area contributed by atoms with Gasteiger partial charge in [0.05, 0.1) is 10.7 Å². The maximum Gasteiger partial charge on any atom is 0.231 e. The Morgan fingerprint density at radius 2 is 1.88 bits per heavy atom. The fourth-order valence-electron chi connectivity index (χ4n) is 2.79. The standard InChI is InChI=1S/C20H12Cl2N2O2/c21-13-4-6-14(16(22)9-13)19(25)20-18(23)15-5-3-11(8-17(15)26-20)12-2-1-7-24-10-12/h1-10H,23H2. The van der Waals surface area contributed by atoms with Crippen LogP contribution in [0.4, 0.5) is 5.69 Å². The lowest BCUT2D eigenvalue weighted by Gasteiger charge is -2.02. The summed E-state index contributed by atoms with van der Waals surface area (Å²) in [5.41, 5.74) is 9.11. The van der Waals surface area contributed by atoms with Crippen molar-refractivity contribution in [3.8, 4) is 11.1 Å². The van der Waals surface area contributed by atoms with Crippen LogP contribution >= 0.6 is 23.2 Å². The number of nitrogens with two attached hydrogens (primary N) is 1. The summed E-state index contributed by atoms with van der Waals surface area (Å²) in [4.78, 5) is 16.9. The summed E-state index contributed by atoms with van der Waals surface area (Å²) in [5.74, 6) is -0.323. The Bertz CT molecular complexity index is 1140. The van der Waals surface area contributed by atoms with Gasteiger partial charge >= 0.3 is 0 Å². The number of ketones is 1. The highest BCUT2D eigenvalue weighted by atomic mass is 35.5. The highest BCUT2D eigenvalue weighted by molar-refractivity contribution is 6.37. The van der Waals surface area contributed by atoms with Crippen LogP contribution in [-0.4, -0.2) is 10.8 Å². The van der Waals surface area contributed by atoms with Gasteiger partial charge in [0.25, 0.3) is 0 Å². The number of hydrogen-bond donors (Lipinski definition) is 1. The van der Waals surface area contributed by atoms with E-state index in [1.54, 1.807) is 24.5 Å². The number of carbonyl (C=O) groups is 1. The van der Waals surface area contributed by atoms with Crippen LogP contribution in [0.25, 0.3) is 22.1 Å².